The van der Waals surface area contributed by atoms with Gasteiger partial charge in [0, 0.05) is 0 Å². The molecule has 2 aromatic rings. The van der Waals surface area contributed by atoms with Gasteiger partial charge < -0.3 is 4.42 Å². The molecule has 2 aromatic heterocycles. The molecule has 12 heavy (non-hydrogen) atoms. The normalized spacial score (nSPS) is 10.8. The molecule has 2 heterocycles. The number of fused-ring (bicyclic) bond motifs is 1. The summed E-state index contributed by atoms with van der Waals surface area (Å²) in [6, 6.07) is 3.68. The minimum absolute atomic E-state index is 0.647. The molecule has 0 atom stereocenters. The number of pyridine rings is 1. The molecule has 0 fully saturated rings. The summed E-state index contributed by atoms with van der Waals surface area (Å²) < 4.78 is 6.11. The Bertz CT molecular complexity index is 415. The van der Waals surface area contributed by atoms with Crippen molar-refractivity contribution in [3.05, 3.63) is 16.7 Å². The van der Waals surface area contributed by atoms with Gasteiger partial charge in [-0.3, -0.25) is 0 Å². The molecule has 0 radical (unpaired) electrons. The van der Waals surface area contributed by atoms with Crippen LogP contribution in [0.3, 0.4) is 0 Å². The summed E-state index contributed by atoms with van der Waals surface area (Å²) in [5, 5.41) is 0.649. The van der Waals surface area contributed by atoms with E-state index in [1.165, 1.54) is 11.8 Å². The first-order valence-corrected chi connectivity index (χ1v) is 5.28. The van der Waals surface area contributed by atoms with Crippen LogP contribution in [0.2, 0.25) is 0 Å². The molecule has 0 aliphatic carbocycles. The highest BCUT2D eigenvalue weighted by Crippen LogP contribution is 2.21. The van der Waals surface area contributed by atoms with Crippen LogP contribution in [0.15, 0.2) is 26.4 Å². The lowest BCUT2D eigenvalue weighted by molar-refractivity contribution is 0.490. The van der Waals surface area contributed by atoms with Crippen LogP contribution in [-0.2, 0) is 0 Å². The van der Waals surface area contributed by atoms with Gasteiger partial charge in [0.2, 0.25) is 5.65 Å². The van der Waals surface area contributed by atoms with E-state index in [0.717, 1.165) is 10.2 Å². The predicted molar refractivity (Wildman–Crippen MR) is 51.3 cm³/mol. The lowest BCUT2D eigenvalue weighted by atomic mass is 10.5. The topological polar surface area (TPSA) is 38.9 Å². The van der Waals surface area contributed by atoms with Crippen LogP contribution < -0.4 is 0 Å². The van der Waals surface area contributed by atoms with E-state index in [1.54, 1.807) is 0 Å². The largest absolute Gasteiger partial charge is 0.430 e. The van der Waals surface area contributed by atoms with Crippen molar-refractivity contribution < 1.29 is 4.42 Å². The molecule has 0 unspecified atom stereocenters. The van der Waals surface area contributed by atoms with Crippen LogP contribution in [0.1, 0.15) is 0 Å². The number of hydrogen-bond donors (Lipinski definition) is 0. The molecule has 0 aliphatic rings. The summed E-state index contributed by atoms with van der Waals surface area (Å²) in [4.78, 5) is 8.29. The first-order valence-electron chi connectivity index (χ1n) is 3.26. The maximum absolute atomic E-state index is 5.34. The minimum atomic E-state index is 0.647. The number of aromatic nitrogens is 2. The molecule has 0 bridgehead atoms. The average Bonchev–Trinajstić information content (AvgIpc) is 2.46. The van der Waals surface area contributed by atoms with Crippen molar-refractivity contribution in [2.24, 2.45) is 0 Å². The van der Waals surface area contributed by atoms with E-state index < -0.39 is 0 Å². The highest BCUT2D eigenvalue weighted by molar-refractivity contribution is 9.10. The third kappa shape index (κ3) is 1.34. The number of oxazole rings is 1. The Labute approximate surface area is 81.7 Å². The summed E-state index contributed by atoms with van der Waals surface area (Å²) in [6.07, 6.45) is 1.92. The van der Waals surface area contributed by atoms with Gasteiger partial charge in [0.05, 0.1) is 0 Å². The summed E-state index contributed by atoms with van der Waals surface area (Å²) in [6.45, 7) is 0. The number of nitrogens with zero attached hydrogens (tertiary/aromatic N) is 2. The molecule has 2 rings (SSSR count). The molecule has 0 aliphatic heterocycles. The number of halogens is 1. The number of thioether (sulfide) groups is 1. The molecule has 0 N–H and O–H groups in total. The molecule has 3 nitrogen and oxygen atoms in total. The van der Waals surface area contributed by atoms with Crippen molar-refractivity contribution in [1.29, 1.82) is 0 Å². The van der Waals surface area contributed by atoms with Crippen LogP contribution >= 0.6 is 27.7 Å². The van der Waals surface area contributed by atoms with E-state index in [1.807, 2.05) is 18.4 Å². The molecule has 62 valence electrons. The lowest BCUT2D eigenvalue weighted by Gasteiger charge is -1.85. The van der Waals surface area contributed by atoms with Crippen molar-refractivity contribution in [3.8, 4) is 0 Å². The Balaban J connectivity index is 2.67. The van der Waals surface area contributed by atoms with Crippen molar-refractivity contribution in [2.45, 2.75) is 5.22 Å². The van der Waals surface area contributed by atoms with Gasteiger partial charge in [0.1, 0.15) is 4.60 Å². The second-order valence-electron chi connectivity index (χ2n) is 2.14. The van der Waals surface area contributed by atoms with E-state index in [2.05, 4.69) is 25.9 Å². The van der Waals surface area contributed by atoms with Gasteiger partial charge in [-0.2, -0.15) is 4.98 Å². The molecular weight excluding hydrogens is 240 g/mol. The molecule has 0 amide bonds. The van der Waals surface area contributed by atoms with E-state index in [4.69, 9.17) is 4.42 Å². The molecule has 0 aromatic carbocycles. The van der Waals surface area contributed by atoms with Crippen molar-refractivity contribution >= 4 is 38.9 Å². The van der Waals surface area contributed by atoms with Crippen molar-refractivity contribution in [3.63, 3.8) is 0 Å². The summed E-state index contributed by atoms with van der Waals surface area (Å²) in [5.74, 6) is 0. The first kappa shape index (κ1) is 8.07. The summed E-state index contributed by atoms with van der Waals surface area (Å²) in [5.41, 5.74) is 1.37. The van der Waals surface area contributed by atoms with Gasteiger partial charge in [-0.05, 0) is 34.3 Å². The Morgan fingerprint density at radius 2 is 2.25 bits per heavy atom. The minimum Gasteiger partial charge on any atom is -0.430 e. The zero-order valence-electron chi connectivity index (χ0n) is 6.24. The third-order valence-electron chi connectivity index (χ3n) is 1.37. The monoisotopic (exact) mass is 244 g/mol. The standard InChI is InChI=1S/C7H5BrN2OS/c1-12-7-10-6-4(11-7)2-3-5(8)9-6/h2-3H,1H3. The predicted octanol–water partition coefficient (Wildman–Crippen LogP) is 2.71. The van der Waals surface area contributed by atoms with E-state index in [0.29, 0.717) is 10.9 Å². The van der Waals surface area contributed by atoms with Crippen LogP contribution in [0.5, 0.6) is 0 Å². The highest BCUT2D eigenvalue weighted by atomic mass is 79.9. The van der Waals surface area contributed by atoms with Crippen LogP contribution in [0.25, 0.3) is 11.2 Å². The van der Waals surface area contributed by atoms with Gasteiger partial charge in [0.15, 0.2) is 5.58 Å². The summed E-state index contributed by atoms with van der Waals surface area (Å²) in [7, 11) is 0. The zero-order chi connectivity index (χ0) is 8.55. The smallest absolute Gasteiger partial charge is 0.258 e. The maximum atomic E-state index is 5.34. The Morgan fingerprint density at radius 3 is 3.00 bits per heavy atom. The van der Waals surface area contributed by atoms with Gasteiger partial charge >= 0.3 is 0 Å². The number of rotatable bonds is 1. The fourth-order valence-corrected chi connectivity index (χ4v) is 1.51. The van der Waals surface area contributed by atoms with Crippen LogP contribution in [0.4, 0.5) is 0 Å². The number of hydrogen-bond acceptors (Lipinski definition) is 4. The molecule has 0 saturated carbocycles. The molecule has 0 spiro atoms. The Kier molecular flexibility index (Phi) is 2.06. The molecule has 0 saturated heterocycles. The maximum Gasteiger partial charge on any atom is 0.258 e. The fourth-order valence-electron chi connectivity index (χ4n) is 0.863. The van der Waals surface area contributed by atoms with Crippen LogP contribution in [0, 0.1) is 0 Å². The summed E-state index contributed by atoms with van der Waals surface area (Å²) >= 11 is 4.73. The second kappa shape index (κ2) is 3.06. The zero-order valence-corrected chi connectivity index (χ0v) is 8.65. The van der Waals surface area contributed by atoms with Gasteiger partial charge in [-0.15, -0.1) is 0 Å². The molecule has 5 heteroatoms. The van der Waals surface area contributed by atoms with Crippen molar-refractivity contribution in [1.82, 2.24) is 9.97 Å². The fraction of sp³-hybridized carbons (Fsp3) is 0.143. The van der Waals surface area contributed by atoms with Gasteiger partial charge in [-0.25, -0.2) is 4.98 Å². The second-order valence-corrected chi connectivity index (χ2v) is 3.71. The quantitative estimate of drug-likeness (QED) is 0.572. The van der Waals surface area contributed by atoms with Crippen LogP contribution in [-0.4, -0.2) is 16.2 Å². The SMILES string of the molecule is CSc1nc2nc(Br)ccc2o1. The average molecular weight is 245 g/mol. The van der Waals surface area contributed by atoms with Gasteiger partial charge in [0.25, 0.3) is 5.22 Å². The molecular formula is C7H5BrN2OS. The Morgan fingerprint density at radius 1 is 1.42 bits per heavy atom. The van der Waals surface area contributed by atoms with E-state index in [-0.39, 0.29) is 0 Å². The van der Waals surface area contributed by atoms with Crippen molar-refractivity contribution in [2.75, 3.05) is 6.26 Å². The van der Waals surface area contributed by atoms with E-state index >= 15 is 0 Å². The lowest BCUT2D eigenvalue weighted by Crippen LogP contribution is -1.76. The Hall–Kier alpha value is -0.550. The highest BCUT2D eigenvalue weighted by Gasteiger charge is 2.04. The van der Waals surface area contributed by atoms with E-state index in [9.17, 15) is 0 Å². The third-order valence-corrected chi connectivity index (χ3v) is 2.34. The van der Waals surface area contributed by atoms with Gasteiger partial charge in [-0.1, -0.05) is 11.8 Å². The first-order chi connectivity index (χ1) is 5.79.